The molecule has 76 valence electrons. The van der Waals surface area contributed by atoms with E-state index in [-0.39, 0.29) is 0 Å². The fourth-order valence-corrected chi connectivity index (χ4v) is 1.70. The number of halogens is 1. The van der Waals surface area contributed by atoms with Gasteiger partial charge in [0.05, 0.1) is 0 Å². The van der Waals surface area contributed by atoms with Crippen molar-refractivity contribution >= 4 is 15.9 Å². The highest BCUT2D eigenvalue weighted by Crippen LogP contribution is 2.13. The zero-order chi connectivity index (χ0) is 10.7. The van der Waals surface area contributed by atoms with Crippen LogP contribution in [0, 0.1) is 6.92 Å². The van der Waals surface area contributed by atoms with Crippen LogP contribution in [0.25, 0.3) is 11.6 Å². The summed E-state index contributed by atoms with van der Waals surface area (Å²) in [5.41, 5.74) is 2.03. The predicted molar refractivity (Wildman–Crippen MR) is 60.4 cm³/mol. The number of alkyl halides is 1. The highest BCUT2D eigenvalue weighted by atomic mass is 79.9. The van der Waals surface area contributed by atoms with Gasteiger partial charge in [-0.2, -0.15) is 0 Å². The Morgan fingerprint density at radius 1 is 1.13 bits per heavy atom. The van der Waals surface area contributed by atoms with Gasteiger partial charge in [0.2, 0.25) is 0 Å². The summed E-state index contributed by atoms with van der Waals surface area (Å²) in [7, 11) is 0. The summed E-state index contributed by atoms with van der Waals surface area (Å²) in [5.74, 6) is 1.12. The Morgan fingerprint density at radius 2 is 1.87 bits per heavy atom. The van der Waals surface area contributed by atoms with Crippen LogP contribution >= 0.6 is 15.9 Å². The van der Waals surface area contributed by atoms with E-state index in [1.807, 2.05) is 6.92 Å². The fourth-order valence-electron chi connectivity index (χ4n) is 1.15. The normalized spacial score (nSPS) is 10.3. The fraction of sp³-hybridized carbons (Fsp3) is 0.200. The van der Waals surface area contributed by atoms with Crippen LogP contribution in [0.2, 0.25) is 0 Å². The summed E-state index contributed by atoms with van der Waals surface area (Å²) in [6.07, 6.45) is 5.15. The lowest BCUT2D eigenvalue weighted by Gasteiger charge is -2.02. The van der Waals surface area contributed by atoms with Crippen molar-refractivity contribution in [2.75, 3.05) is 0 Å². The van der Waals surface area contributed by atoms with Gasteiger partial charge in [-0.15, -0.1) is 0 Å². The standard InChI is InChI=1S/C10H9BrN4/c1-7-8(5-11)6-14-10(15-7)9-12-3-2-4-13-9/h2-4,6H,5H2,1H3. The van der Waals surface area contributed by atoms with Crippen molar-refractivity contribution in [3.05, 3.63) is 35.9 Å². The molecule has 0 N–H and O–H groups in total. The number of rotatable bonds is 2. The Kier molecular flexibility index (Phi) is 3.01. The van der Waals surface area contributed by atoms with Crippen molar-refractivity contribution in [3.8, 4) is 11.6 Å². The highest BCUT2D eigenvalue weighted by molar-refractivity contribution is 9.08. The molecular weight excluding hydrogens is 256 g/mol. The monoisotopic (exact) mass is 264 g/mol. The molecule has 0 aliphatic carbocycles. The minimum Gasteiger partial charge on any atom is -0.234 e. The second kappa shape index (κ2) is 4.44. The summed E-state index contributed by atoms with van der Waals surface area (Å²) in [4.78, 5) is 16.8. The van der Waals surface area contributed by atoms with Crippen LogP contribution in [-0.2, 0) is 5.33 Å². The second-order valence-corrected chi connectivity index (χ2v) is 3.57. The Bertz CT molecular complexity index is 458. The van der Waals surface area contributed by atoms with Crippen LogP contribution in [0.4, 0.5) is 0 Å². The first-order valence-corrected chi connectivity index (χ1v) is 5.59. The van der Waals surface area contributed by atoms with Gasteiger partial charge in [0.15, 0.2) is 11.6 Å². The third-order valence-corrected chi connectivity index (χ3v) is 2.59. The van der Waals surface area contributed by atoms with Crippen molar-refractivity contribution in [2.24, 2.45) is 0 Å². The van der Waals surface area contributed by atoms with Gasteiger partial charge >= 0.3 is 0 Å². The third-order valence-electron chi connectivity index (χ3n) is 1.99. The lowest BCUT2D eigenvalue weighted by molar-refractivity contribution is 1.02. The van der Waals surface area contributed by atoms with E-state index in [9.17, 15) is 0 Å². The van der Waals surface area contributed by atoms with Crippen molar-refractivity contribution in [2.45, 2.75) is 12.3 Å². The largest absolute Gasteiger partial charge is 0.234 e. The van der Waals surface area contributed by atoms with Crippen molar-refractivity contribution in [1.29, 1.82) is 0 Å². The zero-order valence-corrected chi connectivity index (χ0v) is 9.77. The molecule has 0 saturated carbocycles. The summed E-state index contributed by atoms with van der Waals surface area (Å²) in [6.45, 7) is 1.95. The molecule has 0 unspecified atom stereocenters. The van der Waals surface area contributed by atoms with E-state index in [0.29, 0.717) is 11.6 Å². The van der Waals surface area contributed by atoms with Gasteiger partial charge in [-0.1, -0.05) is 15.9 Å². The smallest absolute Gasteiger partial charge is 0.197 e. The van der Waals surface area contributed by atoms with Crippen LogP contribution in [0.15, 0.2) is 24.7 Å². The number of hydrogen-bond donors (Lipinski definition) is 0. The molecule has 0 aliphatic heterocycles. The number of nitrogens with zero attached hydrogens (tertiary/aromatic N) is 4. The molecule has 0 aliphatic rings. The van der Waals surface area contributed by atoms with Crippen LogP contribution in [0.5, 0.6) is 0 Å². The van der Waals surface area contributed by atoms with E-state index in [1.165, 1.54) is 0 Å². The summed E-state index contributed by atoms with van der Waals surface area (Å²) in [5, 5.41) is 0.759. The Labute approximate surface area is 96.0 Å². The molecule has 0 fully saturated rings. The van der Waals surface area contributed by atoms with E-state index in [1.54, 1.807) is 24.7 Å². The molecule has 0 spiro atoms. The van der Waals surface area contributed by atoms with Gasteiger partial charge in [0.1, 0.15) is 0 Å². The Balaban J connectivity index is 2.43. The van der Waals surface area contributed by atoms with E-state index in [4.69, 9.17) is 0 Å². The molecule has 0 amide bonds. The van der Waals surface area contributed by atoms with Crippen LogP contribution in [0.1, 0.15) is 11.3 Å². The molecule has 0 saturated heterocycles. The topological polar surface area (TPSA) is 51.6 Å². The van der Waals surface area contributed by atoms with Gasteiger partial charge < -0.3 is 0 Å². The number of aryl methyl sites for hydroxylation is 1. The minimum atomic E-state index is 0.557. The molecular formula is C10H9BrN4. The molecule has 4 nitrogen and oxygen atoms in total. The van der Waals surface area contributed by atoms with Crippen LogP contribution in [0.3, 0.4) is 0 Å². The predicted octanol–water partition coefficient (Wildman–Crippen LogP) is 2.14. The first-order valence-electron chi connectivity index (χ1n) is 4.47. The highest BCUT2D eigenvalue weighted by Gasteiger charge is 2.06. The van der Waals surface area contributed by atoms with E-state index in [2.05, 4.69) is 35.9 Å². The van der Waals surface area contributed by atoms with Crippen molar-refractivity contribution in [3.63, 3.8) is 0 Å². The Hall–Kier alpha value is -1.36. The first kappa shape index (κ1) is 10.2. The van der Waals surface area contributed by atoms with Crippen molar-refractivity contribution in [1.82, 2.24) is 19.9 Å². The molecule has 15 heavy (non-hydrogen) atoms. The summed E-state index contributed by atoms with van der Waals surface area (Å²) >= 11 is 3.38. The number of hydrogen-bond acceptors (Lipinski definition) is 4. The minimum absolute atomic E-state index is 0.557. The molecule has 0 radical (unpaired) electrons. The van der Waals surface area contributed by atoms with Crippen LogP contribution < -0.4 is 0 Å². The molecule has 2 rings (SSSR count). The van der Waals surface area contributed by atoms with Gasteiger partial charge in [0, 0.05) is 35.2 Å². The molecule has 0 bridgehead atoms. The van der Waals surface area contributed by atoms with Gasteiger partial charge in [-0.25, -0.2) is 19.9 Å². The number of aromatic nitrogens is 4. The zero-order valence-electron chi connectivity index (χ0n) is 8.18. The van der Waals surface area contributed by atoms with Gasteiger partial charge in [-0.3, -0.25) is 0 Å². The van der Waals surface area contributed by atoms with Crippen LogP contribution in [-0.4, -0.2) is 19.9 Å². The molecule has 2 aromatic heterocycles. The molecule has 0 aromatic carbocycles. The van der Waals surface area contributed by atoms with E-state index < -0.39 is 0 Å². The van der Waals surface area contributed by atoms with E-state index >= 15 is 0 Å². The average Bonchev–Trinajstić information content (AvgIpc) is 2.30. The maximum absolute atomic E-state index is 4.35. The maximum Gasteiger partial charge on any atom is 0.197 e. The Morgan fingerprint density at radius 3 is 2.47 bits per heavy atom. The molecule has 2 aromatic rings. The molecule has 2 heterocycles. The summed E-state index contributed by atoms with van der Waals surface area (Å²) < 4.78 is 0. The maximum atomic E-state index is 4.35. The van der Waals surface area contributed by atoms with Gasteiger partial charge in [0.25, 0.3) is 0 Å². The quantitative estimate of drug-likeness (QED) is 0.780. The summed E-state index contributed by atoms with van der Waals surface area (Å²) in [6, 6.07) is 1.77. The van der Waals surface area contributed by atoms with E-state index in [0.717, 1.165) is 16.6 Å². The van der Waals surface area contributed by atoms with Gasteiger partial charge in [-0.05, 0) is 13.0 Å². The lowest BCUT2D eigenvalue weighted by atomic mass is 10.3. The van der Waals surface area contributed by atoms with Crippen molar-refractivity contribution < 1.29 is 0 Å². The lowest BCUT2D eigenvalue weighted by Crippen LogP contribution is -1.98. The second-order valence-electron chi connectivity index (χ2n) is 3.01. The third kappa shape index (κ3) is 2.18. The SMILES string of the molecule is Cc1nc(-c2ncccn2)ncc1CBr. The molecule has 0 atom stereocenters. The molecule has 5 heteroatoms. The first-order chi connectivity index (χ1) is 7.31. The average molecular weight is 265 g/mol.